The Kier molecular flexibility index (Phi) is 5.93. The molecular formula is C20H20FNO3S. The van der Waals surface area contributed by atoms with Crippen LogP contribution in [-0.4, -0.2) is 24.1 Å². The molecule has 1 aliphatic heterocycles. The zero-order valence-corrected chi connectivity index (χ0v) is 15.3. The molecule has 0 saturated heterocycles. The summed E-state index contributed by atoms with van der Waals surface area (Å²) in [5, 5.41) is 2.91. The first-order chi connectivity index (χ1) is 12.6. The summed E-state index contributed by atoms with van der Waals surface area (Å²) >= 11 is 1.48. The lowest BCUT2D eigenvalue weighted by Crippen LogP contribution is -2.34. The number of carbonyl (C=O) groups excluding carboxylic acids is 2. The number of rotatable bonds is 6. The van der Waals surface area contributed by atoms with Crippen LogP contribution in [0.2, 0.25) is 0 Å². The Bertz CT molecular complexity index is 807. The zero-order chi connectivity index (χ0) is 18.5. The van der Waals surface area contributed by atoms with Gasteiger partial charge >= 0.3 is 0 Å². The highest BCUT2D eigenvalue weighted by molar-refractivity contribution is 7.99. The average Bonchev–Trinajstić information content (AvgIpc) is 2.67. The molecule has 2 aromatic carbocycles. The highest BCUT2D eigenvalue weighted by Gasteiger charge is 2.24. The molecule has 0 bridgehead atoms. The van der Waals surface area contributed by atoms with E-state index in [0.29, 0.717) is 22.6 Å². The Hall–Kier alpha value is -2.34. The number of benzene rings is 2. The summed E-state index contributed by atoms with van der Waals surface area (Å²) in [5.41, 5.74) is 1.44. The summed E-state index contributed by atoms with van der Waals surface area (Å²) in [7, 11) is 0. The van der Waals surface area contributed by atoms with E-state index in [1.807, 2.05) is 13.0 Å². The first-order valence-electron chi connectivity index (χ1n) is 8.55. The molecule has 1 N–H and O–H groups in total. The number of halogens is 1. The highest BCUT2D eigenvalue weighted by atomic mass is 32.2. The standard InChI is InChI=1S/C20H20FNO3S/c1-2-18(23)13-6-8-14(9-7-13)25-12-19(24)22-17-10-11-26-20-15(17)4-3-5-16(20)21/h3-9,17H,2,10-12H2,1H3,(H,22,24). The first-order valence-corrected chi connectivity index (χ1v) is 9.53. The maximum atomic E-state index is 13.9. The van der Waals surface area contributed by atoms with Crippen LogP contribution in [-0.2, 0) is 4.79 Å². The Morgan fingerprint density at radius 2 is 2.00 bits per heavy atom. The minimum Gasteiger partial charge on any atom is -0.484 e. The monoisotopic (exact) mass is 373 g/mol. The Morgan fingerprint density at radius 1 is 1.23 bits per heavy atom. The zero-order valence-electron chi connectivity index (χ0n) is 14.5. The number of nitrogens with one attached hydrogen (secondary N) is 1. The molecule has 1 heterocycles. The van der Waals surface area contributed by atoms with Gasteiger partial charge in [0, 0.05) is 22.6 Å². The topological polar surface area (TPSA) is 55.4 Å². The Labute approximate surface area is 156 Å². The van der Waals surface area contributed by atoms with E-state index in [4.69, 9.17) is 4.74 Å². The van der Waals surface area contributed by atoms with Crippen LogP contribution in [0, 0.1) is 5.82 Å². The summed E-state index contributed by atoms with van der Waals surface area (Å²) in [6.07, 6.45) is 1.20. The third-order valence-electron chi connectivity index (χ3n) is 4.23. The van der Waals surface area contributed by atoms with Gasteiger partial charge in [-0.1, -0.05) is 19.1 Å². The highest BCUT2D eigenvalue weighted by Crippen LogP contribution is 2.37. The molecule has 0 spiro atoms. The van der Waals surface area contributed by atoms with E-state index in [9.17, 15) is 14.0 Å². The lowest BCUT2D eigenvalue weighted by atomic mass is 10.0. The van der Waals surface area contributed by atoms with Crippen molar-refractivity contribution in [1.29, 1.82) is 0 Å². The number of hydrogen-bond acceptors (Lipinski definition) is 4. The van der Waals surface area contributed by atoms with Gasteiger partial charge in [0.2, 0.25) is 0 Å². The lowest BCUT2D eigenvalue weighted by Gasteiger charge is -2.26. The average molecular weight is 373 g/mol. The molecule has 1 unspecified atom stereocenters. The fourth-order valence-corrected chi connectivity index (χ4v) is 4.00. The van der Waals surface area contributed by atoms with Crippen LogP contribution in [0.15, 0.2) is 47.4 Å². The predicted octanol–water partition coefficient (Wildman–Crippen LogP) is 4.15. The summed E-state index contributed by atoms with van der Waals surface area (Å²) in [4.78, 5) is 24.4. The first kappa shape index (κ1) is 18.5. The lowest BCUT2D eigenvalue weighted by molar-refractivity contribution is -0.123. The van der Waals surface area contributed by atoms with Gasteiger partial charge in [-0.3, -0.25) is 9.59 Å². The minimum absolute atomic E-state index is 0.0651. The number of carbonyl (C=O) groups is 2. The maximum Gasteiger partial charge on any atom is 0.258 e. The molecule has 6 heteroatoms. The third kappa shape index (κ3) is 4.25. The number of fused-ring (bicyclic) bond motifs is 1. The summed E-state index contributed by atoms with van der Waals surface area (Å²) in [6.45, 7) is 1.68. The molecule has 0 aromatic heterocycles. The van der Waals surface area contributed by atoms with Gasteiger partial charge in [-0.15, -0.1) is 11.8 Å². The van der Waals surface area contributed by atoms with Gasteiger partial charge in [0.15, 0.2) is 12.4 Å². The van der Waals surface area contributed by atoms with E-state index in [1.165, 1.54) is 17.8 Å². The van der Waals surface area contributed by atoms with Crippen molar-refractivity contribution in [3.63, 3.8) is 0 Å². The third-order valence-corrected chi connectivity index (χ3v) is 5.39. The summed E-state index contributed by atoms with van der Waals surface area (Å²) in [5.74, 6) is 0.844. The molecule has 26 heavy (non-hydrogen) atoms. The van der Waals surface area contributed by atoms with E-state index in [1.54, 1.807) is 30.3 Å². The molecule has 0 fully saturated rings. The molecule has 136 valence electrons. The van der Waals surface area contributed by atoms with Gasteiger partial charge in [-0.2, -0.15) is 0 Å². The van der Waals surface area contributed by atoms with Crippen molar-refractivity contribution >= 4 is 23.5 Å². The van der Waals surface area contributed by atoms with Gasteiger partial charge in [0.05, 0.1) is 6.04 Å². The SMILES string of the molecule is CCC(=O)c1ccc(OCC(=O)NC2CCSc3c(F)cccc32)cc1. The normalized spacial score (nSPS) is 15.8. The van der Waals surface area contributed by atoms with Crippen LogP contribution >= 0.6 is 11.8 Å². The van der Waals surface area contributed by atoms with Gasteiger partial charge in [-0.05, 0) is 42.3 Å². The second kappa shape index (κ2) is 8.36. The van der Waals surface area contributed by atoms with E-state index < -0.39 is 0 Å². The number of ether oxygens (including phenoxy) is 1. The van der Waals surface area contributed by atoms with Crippen LogP contribution < -0.4 is 10.1 Å². The van der Waals surface area contributed by atoms with Crippen LogP contribution in [0.1, 0.15) is 41.7 Å². The second-order valence-corrected chi connectivity index (χ2v) is 7.11. The Morgan fingerprint density at radius 3 is 2.73 bits per heavy atom. The summed E-state index contributed by atoms with van der Waals surface area (Å²) < 4.78 is 19.4. The molecule has 0 radical (unpaired) electrons. The quantitative estimate of drug-likeness (QED) is 0.773. The molecule has 0 saturated carbocycles. The van der Waals surface area contributed by atoms with E-state index in [0.717, 1.165) is 17.7 Å². The van der Waals surface area contributed by atoms with E-state index in [2.05, 4.69) is 5.32 Å². The predicted molar refractivity (Wildman–Crippen MR) is 99.2 cm³/mol. The fraction of sp³-hybridized carbons (Fsp3) is 0.300. The number of thioether (sulfide) groups is 1. The Balaban J connectivity index is 1.57. The molecule has 2 aromatic rings. The van der Waals surface area contributed by atoms with Crippen LogP contribution in [0.5, 0.6) is 5.75 Å². The fourth-order valence-electron chi connectivity index (χ4n) is 2.86. The molecule has 0 aliphatic carbocycles. The van der Waals surface area contributed by atoms with Gasteiger partial charge < -0.3 is 10.1 Å². The van der Waals surface area contributed by atoms with Crippen molar-refractivity contribution in [1.82, 2.24) is 5.32 Å². The van der Waals surface area contributed by atoms with Gasteiger partial charge in [-0.25, -0.2) is 4.39 Å². The van der Waals surface area contributed by atoms with E-state index >= 15 is 0 Å². The van der Waals surface area contributed by atoms with E-state index in [-0.39, 0.29) is 30.2 Å². The molecule has 1 aliphatic rings. The van der Waals surface area contributed by atoms with Crippen molar-refractivity contribution in [2.45, 2.75) is 30.7 Å². The molecule has 3 rings (SSSR count). The van der Waals surface area contributed by atoms with Crippen LogP contribution in [0.4, 0.5) is 4.39 Å². The van der Waals surface area contributed by atoms with Crippen molar-refractivity contribution < 1.29 is 18.7 Å². The number of ketones is 1. The van der Waals surface area contributed by atoms with Crippen LogP contribution in [0.25, 0.3) is 0 Å². The number of amides is 1. The van der Waals surface area contributed by atoms with Crippen molar-refractivity contribution in [3.05, 3.63) is 59.4 Å². The molecule has 4 nitrogen and oxygen atoms in total. The van der Waals surface area contributed by atoms with Crippen molar-refractivity contribution in [2.75, 3.05) is 12.4 Å². The van der Waals surface area contributed by atoms with Crippen molar-refractivity contribution in [2.24, 2.45) is 0 Å². The van der Waals surface area contributed by atoms with Gasteiger partial charge in [0.25, 0.3) is 5.91 Å². The second-order valence-electron chi connectivity index (χ2n) is 6.01. The minimum atomic E-state index is -0.258. The maximum absolute atomic E-state index is 13.9. The largest absolute Gasteiger partial charge is 0.484 e. The molecule has 1 amide bonds. The van der Waals surface area contributed by atoms with Crippen molar-refractivity contribution in [3.8, 4) is 5.75 Å². The van der Waals surface area contributed by atoms with Crippen LogP contribution in [0.3, 0.4) is 0 Å². The number of hydrogen-bond donors (Lipinski definition) is 1. The summed E-state index contributed by atoms with van der Waals surface area (Å²) in [6, 6.07) is 11.5. The smallest absolute Gasteiger partial charge is 0.258 e. The molecular weight excluding hydrogens is 353 g/mol. The molecule has 1 atom stereocenters. The number of Topliss-reactive ketones (excluding diaryl/α,β-unsaturated/α-hetero) is 1. The van der Waals surface area contributed by atoms with Gasteiger partial charge in [0.1, 0.15) is 11.6 Å².